The molecule has 1 aromatic heterocycles. The number of aromatic carboxylic acids is 1. The SMILES string of the molecule is CS(=O)(=O)c1ccc2nc(-c3cccc(C(F)(F)F)c3)c(CN3CCC(N4CC[C@H](F)C4)CC3)c(C(=O)O)c2c1. The maximum absolute atomic E-state index is 13.7. The molecule has 0 unspecified atom stereocenters. The predicted molar refractivity (Wildman–Crippen MR) is 142 cm³/mol. The van der Waals surface area contributed by atoms with E-state index in [0.29, 0.717) is 32.6 Å². The Kier molecular flexibility index (Phi) is 7.62. The fraction of sp³-hybridized carbons (Fsp3) is 0.429. The van der Waals surface area contributed by atoms with Crippen LogP contribution in [0.5, 0.6) is 0 Å². The van der Waals surface area contributed by atoms with Crippen LogP contribution in [0.2, 0.25) is 0 Å². The first-order valence-electron chi connectivity index (χ1n) is 13.0. The van der Waals surface area contributed by atoms with Crippen molar-refractivity contribution in [2.45, 2.75) is 49.1 Å². The Hall–Kier alpha value is -3.09. The van der Waals surface area contributed by atoms with E-state index in [-0.39, 0.29) is 50.8 Å². The second-order valence-corrected chi connectivity index (χ2v) is 12.6. The van der Waals surface area contributed by atoms with Gasteiger partial charge < -0.3 is 5.11 Å². The monoisotopic (exact) mass is 579 g/mol. The highest BCUT2D eigenvalue weighted by Gasteiger charge is 2.33. The number of sulfone groups is 1. The molecule has 0 amide bonds. The number of hydrogen-bond donors (Lipinski definition) is 1. The van der Waals surface area contributed by atoms with Gasteiger partial charge in [0, 0.05) is 48.4 Å². The van der Waals surface area contributed by atoms with Crippen molar-refractivity contribution in [2.75, 3.05) is 32.4 Å². The summed E-state index contributed by atoms with van der Waals surface area (Å²) in [4.78, 5) is 21.3. The first kappa shape index (κ1) is 28.4. The Morgan fingerprint density at radius 2 is 1.80 bits per heavy atom. The van der Waals surface area contributed by atoms with Crippen LogP contribution in [-0.2, 0) is 22.6 Å². The molecule has 2 aliphatic heterocycles. The highest BCUT2D eigenvalue weighted by atomic mass is 32.2. The van der Waals surface area contributed by atoms with E-state index in [2.05, 4.69) is 9.88 Å². The standard InChI is InChI=1S/C28H29F4N3O4S/c1-40(38,39)21-5-6-24-22(14-21)25(27(36)37)23(26(33-24)17-3-2-4-18(13-17)28(30,31)32)16-34-10-8-20(9-11-34)35-12-7-19(29)15-35/h2-6,13-14,19-20H,7-12,15-16H2,1H3,(H,36,37)/t19-/m0/s1. The van der Waals surface area contributed by atoms with Crippen molar-refractivity contribution in [2.24, 2.45) is 0 Å². The number of carboxylic acid groups (broad SMARTS) is 1. The average Bonchev–Trinajstić information content (AvgIpc) is 3.33. The van der Waals surface area contributed by atoms with Gasteiger partial charge in [-0.25, -0.2) is 22.6 Å². The summed E-state index contributed by atoms with van der Waals surface area (Å²) in [6, 6.07) is 8.73. The summed E-state index contributed by atoms with van der Waals surface area (Å²) >= 11 is 0. The molecule has 40 heavy (non-hydrogen) atoms. The van der Waals surface area contributed by atoms with Gasteiger partial charge in [-0.2, -0.15) is 13.2 Å². The van der Waals surface area contributed by atoms with Crippen LogP contribution < -0.4 is 0 Å². The molecule has 3 aromatic rings. The van der Waals surface area contributed by atoms with Crippen LogP contribution in [0, 0.1) is 0 Å². The molecule has 12 heteroatoms. The van der Waals surface area contributed by atoms with E-state index in [9.17, 15) is 35.9 Å². The van der Waals surface area contributed by atoms with E-state index in [1.165, 1.54) is 30.3 Å². The van der Waals surface area contributed by atoms with E-state index in [0.717, 1.165) is 31.2 Å². The summed E-state index contributed by atoms with van der Waals surface area (Å²) in [5, 5.41) is 10.4. The highest BCUT2D eigenvalue weighted by Crippen LogP contribution is 2.36. The molecule has 2 aromatic carbocycles. The van der Waals surface area contributed by atoms with Gasteiger partial charge in [-0.1, -0.05) is 12.1 Å². The second-order valence-electron chi connectivity index (χ2n) is 10.5. The molecule has 5 rings (SSSR count). The van der Waals surface area contributed by atoms with Crippen molar-refractivity contribution in [3.63, 3.8) is 0 Å². The van der Waals surface area contributed by atoms with Gasteiger partial charge in [0.2, 0.25) is 0 Å². The Labute approximate surface area is 229 Å². The zero-order valence-electron chi connectivity index (χ0n) is 21.8. The summed E-state index contributed by atoms with van der Waals surface area (Å²) in [6.07, 6.45) is -2.42. The third-order valence-corrected chi connectivity index (χ3v) is 8.89. The molecular formula is C28H29F4N3O4S. The van der Waals surface area contributed by atoms with Crippen molar-refractivity contribution < 1.29 is 35.9 Å². The zero-order valence-corrected chi connectivity index (χ0v) is 22.6. The first-order chi connectivity index (χ1) is 18.8. The van der Waals surface area contributed by atoms with Crippen LogP contribution in [0.4, 0.5) is 17.6 Å². The summed E-state index contributed by atoms with van der Waals surface area (Å²) in [5.41, 5.74) is -0.486. The van der Waals surface area contributed by atoms with Crippen LogP contribution >= 0.6 is 0 Å². The third kappa shape index (κ3) is 5.84. The van der Waals surface area contributed by atoms with Gasteiger partial charge in [-0.15, -0.1) is 0 Å². The average molecular weight is 580 g/mol. The number of likely N-dealkylation sites (tertiary alicyclic amines) is 2. The van der Waals surface area contributed by atoms with Gasteiger partial charge in [-0.05, 0) is 62.7 Å². The van der Waals surface area contributed by atoms with E-state index in [4.69, 9.17) is 0 Å². The summed E-state index contributed by atoms with van der Waals surface area (Å²) in [7, 11) is -3.67. The molecule has 7 nitrogen and oxygen atoms in total. The fourth-order valence-electron chi connectivity index (χ4n) is 5.73. The summed E-state index contributed by atoms with van der Waals surface area (Å²) < 4.78 is 78.9. The lowest BCUT2D eigenvalue weighted by Crippen LogP contribution is -2.44. The van der Waals surface area contributed by atoms with E-state index in [1.807, 2.05) is 4.90 Å². The summed E-state index contributed by atoms with van der Waals surface area (Å²) in [6.45, 7) is 2.37. The molecule has 0 saturated carbocycles. The Morgan fingerprint density at radius 1 is 1.07 bits per heavy atom. The second kappa shape index (κ2) is 10.7. The van der Waals surface area contributed by atoms with Crippen LogP contribution in [-0.4, -0.2) is 78.9 Å². The number of nitrogens with zero attached hydrogens (tertiary/aromatic N) is 3. The van der Waals surface area contributed by atoms with Gasteiger partial charge >= 0.3 is 12.1 Å². The molecule has 2 fully saturated rings. The molecule has 214 valence electrons. The topological polar surface area (TPSA) is 90.8 Å². The molecule has 0 bridgehead atoms. The maximum Gasteiger partial charge on any atom is 0.416 e. The molecule has 2 aliphatic rings. The Bertz CT molecular complexity index is 1550. The van der Waals surface area contributed by atoms with Crippen LogP contribution in [0.1, 0.15) is 40.7 Å². The lowest BCUT2D eigenvalue weighted by molar-refractivity contribution is -0.137. The molecule has 1 N–H and O–H groups in total. The van der Waals surface area contributed by atoms with Crippen molar-refractivity contribution in [3.05, 3.63) is 59.2 Å². The van der Waals surface area contributed by atoms with Gasteiger partial charge in [0.15, 0.2) is 9.84 Å². The van der Waals surface area contributed by atoms with Crippen LogP contribution in [0.25, 0.3) is 22.2 Å². The maximum atomic E-state index is 13.7. The number of alkyl halides is 4. The van der Waals surface area contributed by atoms with E-state index >= 15 is 0 Å². The number of carbonyl (C=O) groups is 1. The third-order valence-electron chi connectivity index (χ3n) is 7.78. The highest BCUT2D eigenvalue weighted by molar-refractivity contribution is 7.90. The van der Waals surface area contributed by atoms with Gasteiger partial charge in [0.05, 0.1) is 27.2 Å². The number of hydrogen-bond acceptors (Lipinski definition) is 6. The first-order valence-corrected chi connectivity index (χ1v) is 14.9. The number of aromatic nitrogens is 1. The van der Waals surface area contributed by atoms with Crippen LogP contribution in [0.3, 0.4) is 0 Å². The number of rotatable bonds is 6. The minimum atomic E-state index is -4.61. The van der Waals surface area contributed by atoms with Crippen molar-refractivity contribution in [3.8, 4) is 11.3 Å². The minimum Gasteiger partial charge on any atom is -0.478 e. The number of benzene rings is 2. The fourth-order valence-corrected chi connectivity index (χ4v) is 6.38. The molecule has 0 radical (unpaired) electrons. The molecule has 0 aliphatic carbocycles. The Balaban J connectivity index is 1.60. The van der Waals surface area contributed by atoms with Gasteiger partial charge in [0.25, 0.3) is 0 Å². The molecule has 2 saturated heterocycles. The van der Waals surface area contributed by atoms with E-state index in [1.54, 1.807) is 0 Å². The van der Waals surface area contributed by atoms with E-state index < -0.39 is 33.7 Å². The lowest BCUT2D eigenvalue weighted by Gasteiger charge is -2.37. The quantitative estimate of drug-likeness (QED) is 0.410. The smallest absolute Gasteiger partial charge is 0.416 e. The van der Waals surface area contributed by atoms with Crippen molar-refractivity contribution in [1.82, 2.24) is 14.8 Å². The molecular weight excluding hydrogens is 550 g/mol. The number of carboxylic acids is 1. The molecule has 1 atom stereocenters. The number of halogens is 4. The van der Waals surface area contributed by atoms with Crippen LogP contribution in [0.15, 0.2) is 47.4 Å². The molecule has 0 spiro atoms. The number of fused-ring (bicyclic) bond motifs is 1. The summed E-state index contributed by atoms with van der Waals surface area (Å²) in [5.74, 6) is -1.33. The van der Waals surface area contributed by atoms with Crippen molar-refractivity contribution in [1.29, 1.82) is 0 Å². The number of piperidine rings is 1. The minimum absolute atomic E-state index is 0.0836. The van der Waals surface area contributed by atoms with Crippen molar-refractivity contribution >= 4 is 26.7 Å². The van der Waals surface area contributed by atoms with Gasteiger partial charge in [0.1, 0.15) is 6.17 Å². The normalized spacial score (nSPS) is 19.9. The largest absolute Gasteiger partial charge is 0.478 e. The predicted octanol–water partition coefficient (Wildman–Crippen LogP) is 5.03. The molecule has 3 heterocycles. The van der Waals surface area contributed by atoms with Gasteiger partial charge in [-0.3, -0.25) is 9.80 Å². The zero-order chi connectivity index (χ0) is 28.8. The number of pyridine rings is 1. The lowest BCUT2D eigenvalue weighted by atomic mass is 9.94. The Morgan fingerprint density at radius 3 is 2.40 bits per heavy atom.